The molecule has 0 bridgehead atoms. The molecule has 0 unspecified atom stereocenters. The Labute approximate surface area is 223 Å². The molecule has 5 rings (SSSR count). The predicted octanol–water partition coefficient (Wildman–Crippen LogP) is 6.00. The highest BCUT2D eigenvalue weighted by Crippen LogP contribution is 2.40. The molecule has 0 spiro atoms. The largest absolute Gasteiger partial charge is 0.486 e. The van der Waals surface area contributed by atoms with Gasteiger partial charge in [-0.25, -0.2) is 23.7 Å². The molecule has 0 aliphatic carbocycles. The number of hydrogen-bond donors (Lipinski definition) is 1. The molecule has 208 valence electrons. The zero-order chi connectivity index (χ0) is 27.9. The maximum absolute atomic E-state index is 14.9. The van der Waals surface area contributed by atoms with Gasteiger partial charge < -0.3 is 19.9 Å². The Morgan fingerprint density at radius 1 is 1.03 bits per heavy atom. The van der Waals surface area contributed by atoms with Gasteiger partial charge in [-0.15, -0.1) is 0 Å². The molecule has 39 heavy (non-hydrogen) atoms. The van der Waals surface area contributed by atoms with Gasteiger partial charge in [-0.2, -0.15) is 13.2 Å². The summed E-state index contributed by atoms with van der Waals surface area (Å²) < 4.78 is 77.2. The molecule has 0 radical (unpaired) electrons. The Hall–Kier alpha value is -3.54. The third kappa shape index (κ3) is 5.61. The van der Waals surface area contributed by atoms with Gasteiger partial charge >= 0.3 is 6.18 Å². The number of hydrogen-bond acceptors (Lipinski definition) is 7. The molecule has 3 aromatic rings. The second kappa shape index (κ2) is 10.6. The molecule has 1 aromatic carbocycles. The molecule has 12 heteroatoms. The van der Waals surface area contributed by atoms with E-state index in [0.717, 1.165) is 12.3 Å². The summed E-state index contributed by atoms with van der Waals surface area (Å²) in [7, 11) is 1.94. The quantitative estimate of drug-likeness (QED) is 0.393. The molecule has 1 saturated heterocycles. The zero-order valence-corrected chi connectivity index (χ0v) is 21.8. The fourth-order valence-corrected chi connectivity index (χ4v) is 5.13. The van der Waals surface area contributed by atoms with Gasteiger partial charge in [-0.3, -0.25) is 0 Å². The number of fused-ring (bicyclic) bond motifs is 1. The molecule has 0 saturated carbocycles. The number of ether oxygens (including phenoxy) is 1. The van der Waals surface area contributed by atoms with E-state index in [1.54, 1.807) is 6.07 Å². The molecular weight excluding hydrogens is 519 g/mol. The number of aromatic nitrogens is 3. The van der Waals surface area contributed by atoms with E-state index >= 15 is 0 Å². The van der Waals surface area contributed by atoms with E-state index < -0.39 is 23.5 Å². The smallest absolute Gasteiger partial charge is 0.433 e. The number of benzene rings is 1. The number of rotatable bonds is 5. The van der Waals surface area contributed by atoms with Crippen molar-refractivity contribution in [3.63, 3.8) is 0 Å². The van der Waals surface area contributed by atoms with Crippen LogP contribution in [0.3, 0.4) is 0 Å². The van der Waals surface area contributed by atoms with Gasteiger partial charge in [-0.1, -0.05) is 6.07 Å². The van der Waals surface area contributed by atoms with Crippen LogP contribution in [-0.2, 0) is 6.18 Å². The number of pyridine rings is 1. The zero-order valence-electron chi connectivity index (χ0n) is 21.8. The topological polar surface area (TPSA) is 66.4 Å². The monoisotopic (exact) mass is 548 g/mol. The number of alkyl halides is 3. The summed E-state index contributed by atoms with van der Waals surface area (Å²) in [5.41, 5.74) is -0.396. The lowest BCUT2D eigenvalue weighted by molar-refractivity contribution is -0.142. The van der Waals surface area contributed by atoms with Gasteiger partial charge in [0.05, 0.1) is 18.4 Å². The van der Waals surface area contributed by atoms with Crippen LogP contribution in [-0.4, -0.2) is 59.2 Å². The van der Waals surface area contributed by atoms with Crippen LogP contribution in [0.1, 0.15) is 43.9 Å². The van der Waals surface area contributed by atoms with Gasteiger partial charge in [0.15, 0.2) is 17.4 Å². The summed E-state index contributed by atoms with van der Waals surface area (Å²) in [4.78, 5) is 15.9. The van der Waals surface area contributed by atoms with Crippen molar-refractivity contribution in [2.24, 2.45) is 0 Å². The first-order valence-corrected chi connectivity index (χ1v) is 12.8. The second-order valence-electron chi connectivity index (χ2n) is 10.2. The van der Waals surface area contributed by atoms with Crippen LogP contribution in [0.15, 0.2) is 30.5 Å². The molecule has 4 heterocycles. The van der Waals surface area contributed by atoms with Crippen molar-refractivity contribution in [2.45, 2.75) is 44.8 Å². The average molecular weight is 549 g/mol. The van der Waals surface area contributed by atoms with E-state index in [-0.39, 0.29) is 46.3 Å². The van der Waals surface area contributed by atoms with E-state index in [9.17, 15) is 22.0 Å². The Morgan fingerprint density at radius 2 is 1.77 bits per heavy atom. The summed E-state index contributed by atoms with van der Waals surface area (Å²) in [6.07, 6.45) is -2.56. The Bertz CT molecular complexity index is 1360. The van der Waals surface area contributed by atoms with Crippen molar-refractivity contribution >= 4 is 17.5 Å². The molecule has 7 nitrogen and oxygen atoms in total. The maximum atomic E-state index is 14.9. The van der Waals surface area contributed by atoms with Crippen LogP contribution in [0.5, 0.6) is 5.75 Å². The van der Waals surface area contributed by atoms with Crippen LogP contribution in [0.4, 0.5) is 39.4 Å². The van der Waals surface area contributed by atoms with Crippen LogP contribution >= 0.6 is 0 Å². The highest BCUT2D eigenvalue weighted by Gasteiger charge is 2.38. The molecule has 2 aliphatic heterocycles. The SMILES string of the molecule is CC(C)N1CCOc2c(F)cc(-c3nc(Nc4ccc(C5CCN(C)CC5)c(C(F)(F)F)n4)ncc3F)cc21. The number of anilines is 3. The van der Waals surface area contributed by atoms with Crippen LogP contribution < -0.4 is 15.0 Å². The molecule has 1 N–H and O–H groups in total. The summed E-state index contributed by atoms with van der Waals surface area (Å²) in [6.45, 7) is 6.17. The predicted molar refractivity (Wildman–Crippen MR) is 137 cm³/mol. The maximum Gasteiger partial charge on any atom is 0.433 e. The van der Waals surface area contributed by atoms with Gasteiger partial charge in [-0.05, 0) is 76.5 Å². The number of piperidine rings is 1. The molecule has 0 atom stereocenters. The van der Waals surface area contributed by atoms with Crippen LogP contribution in [0.25, 0.3) is 11.3 Å². The lowest BCUT2D eigenvalue weighted by Gasteiger charge is -2.34. The Morgan fingerprint density at radius 3 is 2.46 bits per heavy atom. The number of nitrogens with one attached hydrogen (secondary N) is 1. The normalized spacial score (nSPS) is 16.8. The number of nitrogens with zero attached hydrogens (tertiary/aromatic N) is 5. The van der Waals surface area contributed by atoms with Gasteiger partial charge in [0, 0.05) is 11.6 Å². The molecule has 1 fully saturated rings. The van der Waals surface area contributed by atoms with E-state index in [4.69, 9.17) is 4.74 Å². The standard InChI is InChI=1S/C27H29F5N6O/c1-15(2)38-10-11-39-24-19(28)12-17(13-21(24)38)23-20(29)14-33-26(36-23)35-22-5-4-18(25(34-22)27(30,31)32)16-6-8-37(3)9-7-16/h4-5,12-16H,6-11H2,1-3H3,(H,33,34,35,36). The minimum atomic E-state index is -4.66. The highest BCUT2D eigenvalue weighted by molar-refractivity contribution is 5.73. The van der Waals surface area contributed by atoms with Gasteiger partial charge in [0.25, 0.3) is 0 Å². The second-order valence-corrected chi connectivity index (χ2v) is 10.2. The Balaban J connectivity index is 1.47. The van der Waals surface area contributed by atoms with Crippen molar-refractivity contribution in [3.05, 3.63) is 53.4 Å². The number of halogens is 5. The van der Waals surface area contributed by atoms with E-state index in [1.807, 2.05) is 25.8 Å². The minimum Gasteiger partial charge on any atom is -0.486 e. The van der Waals surface area contributed by atoms with E-state index in [2.05, 4.69) is 25.2 Å². The fraction of sp³-hybridized carbons (Fsp3) is 0.444. The first-order valence-electron chi connectivity index (χ1n) is 12.8. The lowest BCUT2D eigenvalue weighted by atomic mass is 9.88. The highest BCUT2D eigenvalue weighted by atomic mass is 19.4. The van der Waals surface area contributed by atoms with E-state index in [0.29, 0.717) is 44.8 Å². The third-order valence-electron chi connectivity index (χ3n) is 7.15. The van der Waals surface area contributed by atoms with E-state index in [1.165, 1.54) is 12.1 Å². The summed E-state index contributed by atoms with van der Waals surface area (Å²) in [5.74, 6) is -1.95. The lowest BCUT2D eigenvalue weighted by Crippen LogP contribution is -2.38. The van der Waals surface area contributed by atoms with Crippen molar-refractivity contribution in [1.82, 2.24) is 19.9 Å². The number of likely N-dealkylation sites (tertiary alicyclic amines) is 1. The first-order chi connectivity index (χ1) is 18.5. The summed E-state index contributed by atoms with van der Waals surface area (Å²) in [5, 5.41) is 2.66. The Kier molecular flexibility index (Phi) is 7.32. The molecule has 0 amide bonds. The molecule has 2 aliphatic rings. The van der Waals surface area contributed by atoms with Crippen molar-refractivity contribution in [3.8, 4) is 17.0 Å². The van der Waals surface area contributed by atoms with Crippen molar-refractivity contribution in [2.75, 3.05) is 43.5 Å². The molecule has 2 aromatic heterocycles. The first kappa shape index (κ1) is 27.0. The van der Waals surface area contributed by atoms with Crippen LogP contribution in [0, 0.1) is 11.6 Å². The summed E-state index contributed by atoms with van der Waals surface area (Å²) in [6, 6.07) is 5.61. The third-order valence-corrected chi connectivity index (χ3v) is 7.15. The minimum absolute atomic E-state index is 0.0427. The van der Waals surface area contributed by atoms with Gasteiger partial charge in [0.2, 0.25) is 5.95 Å². The fourth-order valence-electron chi connectivity index (χ4n) is 5.13. The molecular formula is C27H29F5N6O. The van der Waals surface area contributed by atoms with Crippen LogP contribution in [0.2, 0.25) is 0 Å². The summed E-state index contributed by atoms with van der Waals surface area (Å²) >= 11 is 0. The van der Waals surface area contributed by atoms with Gasteiger partial charge in [0.1, 0.15) is 23.8 Å². The average Bonchev–Trinajstić information content (AvgIpc) is 2.89. The van der Waals surface area contributed by atoms with Crippen molar-refractivity contribution < 1.29 is 26.7 Å². The van der Waals surface area contributed by atoms with Crippen molar-refractivity contribution in [1.29, 1.82) is 0 Å².